The van der Waals surface area contributed by atoms with Gasteiger partial charge in [0.1, 0.15) is 11.6 Å². The highest BCUT2D eigenvalue weighted by atomic mass is 16.5. The molecule has 0 radical (unpaired) electrons. The van der Waals surface area contributed by atoms with E-state index in [2.05, 4.69) is 48.0 Å². The normalized spacial score (nSPS) is 11.2. The van der Waals surface area contributed by atoms with E-state index in [1.807, 2.05) is 30.3 Å². The van der Waals surface area contributed by atoms with Crippen molar-refractivity contribution < 1.29 is 4.74 Å². The maximum absolute atomic E-state index is 5.99. The molecular formula is C18H21N5O. The molecule has 3 aromatic rings. The molecule has 0 bridgehead atoms. The van der Waals surface area contributed by atoms with Gasteiger partial charge in [0.05, 0.1) is 23.8 Å². The van der Waals surface area contributed by atoms with Crippen molar-refractivity contribution >= 4 is 0 Å². The summed E-state index contributed by atoms with van der Waals surface area (Å²) < 4.78 is 7.67. The summed E-state index contributed by atoms with van der Waals surface area (Å²) in [5.41, 5.74) is 1.86. The molecule has 0 aliphatic rings. The van der Waals surface area contributed by atoms with Gasteiger partial charge in [0, 0.05) is 18.1 Å². The Hall–Kier alpha value is -2.76. The first-order chi connectivity index (χ1) is 11.5. The minimum Gasteiger partial charge on any atom is -0.439 e. The van der Waals surface area contributed by atoms with Crippen molar-refractivity contribution in [3.05, 3.63) is 54.2 Å². The van der Waals surface area contributed by atoms with Crippen molar-refractivity contribution in [1.82, 2.24) is 25.0 Å². The van der Waals surface area contributed by atoms with Crippen LogP contribution in [0.3, 0.4) is 0 Å². The molecule has 0 fully saturated rings. The van der Waals surface area contributed by atoms with Crippen molar-refractivity contribution in [3.63, 3.8) is 0 Å². The van der Waals surface area contributed by atoms with Gasteiger partial charge in [0.2, 0.25) is 5.88 Å². The van der Waals surface area contributed by atoms with Gasteiger partial charge < -0.3 is 4.74 Å². The van der Waals surface area contributed by atoms with Gasteiger partial charge in [-0.05, 0) is 18.1 Å². The van der Waals surface area contributed by atoms with E-state index >= 15 is 0 Å². The van der Waals surface area contributed by atoms with E-state index in [1.165, 1.54) is 0 Å². The number of aromatic nitrogens is 5. The number of hydrogen-bond donors (Lipinski definition) is 0. The maximum Gasteiger partial charge on any atom is 0.222 e. The molecule has 3 rings (SSSR count). The lowest BCUT2D eigenvalue weighted by Gasteiger charge is -2.13. The highest BCUT2D eigenvalue weighted by molar-refractivity contribution is 5.40. The minimum atomic E-state index is 0.243. The Morgan fingerprint density at radius 1 is 1.00 bits per heavy atom. The summed E-state index contributed by atoms with van der Waals surface area (Å²) in [4.78, 5) is 9.15. The van der Waals surface area contributed by atoms with Gasteiger partial charge in [-0.3, -0.25) is 0 Å². The van der Waals surface area contributed by atoms with Gasteiger partial charge in [0.25, 0.3) is 0 Å². The Bertz CT molecular complexity index is 786. The van der Waals surface area contributed by atoms with Crippen molar-refractivity contribution in [2.45, 2.75) is 39.5 Å². The highest BCUT2D eigenvalue weighted by Gasteiger charge is 2.12. The molecule has 0 aliphatic heterocycles. The fraction of sp³-hybridized carbons (Fsp3) is 0.333. The Morgan fingerprint density at radius 2 is 1.83 bits per heavy atom. The SMILES string of the molecule is CC(C)c1cc(Oc2cccc(-n3ccnn3)c2)nc(C(C)C)n1. The number of nitrogens with zero attached hydrogens (tertiary/aromatic N) is 5. The molecule has 0 N–H and O–H groups in total. The highest BCUT2D eigenvalue weighted by Crippen LogP contribution is 2.26. The molecule has 6 heteroatoms. The predicted molar refractivity (Wildman–Crippen MR) is 91.6 cm³/mol. The second-order valence-corrected chi connectivity index (χ2v) is 6.25. The molecule has 2 heterocycles. The first-order valence-electron chi connectivity index (χ1n) is 8.06. The fourth-order valence-electron chi connectivity index (χ4n) is 2.22. The van der Waals surface area contributed by atoms with Crippen LogP contribution in [0.25, 0.3) is 5.69 Å². The van der Waals surface area contributed by atoms with Crippen LogP contribution >= 0.6 is 0 Å². The zero-order valence-corrected chi connectivity index (χ0v) is 14.3. The van der Waals surface area contributed by atoms with Crippen molar-refractivity contribution in [1.29, 1.82) is 0 Å². The molecule has 6 nitrogen and oxygen atoms in total. The van der Waals surface area contributed by atoms with Crippen molar-refractivity contribution in [3.8, 4) is 17.3 Å². The third-order valence-corrected chi connectivity index (χ3v) is 3.57. The van der Waals surface area contributed by atoms with Crippen LogP contribution in [-0.2, 0) is 0 Å². The topological polar surface area (TPSA) is 65.7 Å². The third-order valence-electron chi connectivity index (χ3n) is 3.57. The molecule has 1 aromatic carbocycles. The Balaban J connectivity index is 1.92. The van der Waals surface area contributed by atoms with Crippen molar-refractivity contribution in [2.75, 3.05) is 0 Å². The second-order valence-electron chi connectivity index (χ2n) is 6.25. The Morgan fingerprint density at radius 3 is 2.50 bits per heavy atom. The zero-order valence-electron chi connectivity index (χ0n) is 14.3. The molecule has 0 spiro atoms. The van der Waals surface area contributed by atoms with Gasteiger partial charge >= 0.3 is 0 Å². The van der Waals surface area contributed by atoms with Crippen LogP contribution in [0.2, 0.25) is 0 Å². The lowest BCUT2D eigenvalue weighted by Crippen LogP contribution is -2.04. The molecule has 0 atom stereocenters. The standard InChI is InChI=1S/C18H21N5O/c1-12(2)16-11-17(21-18(20-16)13(3)4)24-15-7-5-6-14(10-15)23-9-8-19-22-23/h5-13H,1-4H3. The molecule has 24 heavy (non-hydrogen) atoms. The van der Waals surface area contributed by atoms with Gasteiger partial charge in [-0.1, -0.05) is 39.0 Å². The lowest BCUT2D eigenvalue weighted by atomic mass is 10.1. The van der Waals surface area contributed by atoms with E-state index < -0.39 is 0 Å². The van der Waals surface area contributed by atoms with Gasteiger partial charge in [-0.15, -0.1) is 5.10 Å². The van der Waals surface area contributed by atoms with Crippen LogP contribution in [-0.4, -0.2) is 25.0 Å². The van der Waals surface area contributed by atoms with E-state index in [0.717, 1.165) is 17.2 Å². The summed E-state index contributed by atoms with van der Waals surface area (Å²) in [6.45, 7) is 8.38. The van der Waals surface area contributed by atoms with Crippen LogP contribution in [0.15, 0.2) is 42.7 Å². The average molecular weight is 323 g/mol. The van der Waals surface area contributed by atoms with E-state index in [-0.39, 0.29) is 5.92 Å². The quantitative estimate of drug-likeness (QED) is 0.707. The van der Waals surface area contributed by atoms with Crippen LogP contribution in [0, 0.1) is 0 Å². The first-order valence-corrected chi connectivity index (χ1v) is 8.06. The van der Waals surface area contributed by atoms with Gasteiger partial charge in [0.15, 0.2) is 0 Å². The summed E-state index contributed by atoms with van der Waals surface area (Å²) in [6.07, 6.45) is 3.43. The van der Waals surface area contributed by atoms with Gasteiger partial charge in [-0.2, -0.15) is 4.98 Å². The lowest BCUT2D eigenvalue weighted by molar-refractivity contribution is 0.454. The number of benzene rings is 1. The molecule has 0 saturated carbocycles. The minimum absolute atomic E-state index is 0.243. The summed E-state index contributed by atoms with van der Waals surface area (Å²) in [5, 5.41) is 7.82. The molecule has 0 unspecified atom stereocenters. The summed E-state index contributed by atoms with van der Waals surface area (Å²) in [6, 6.07) is 9.56. The van der Waals surface area contributed by atoms with E-state index in [1.54, 1.807) is 17.1 Å². The number of rotatable bonds is 5. The largest absolute Gasteiger partial charge is 0.439 e. The van der Waals surface area contributed by atoms with E-state index in [4.69, 9.17) is 4.74 Å². The van der Waals surface area contributed by atoms with Crippen LogP contribution in [0.5, 0.6) is 11.6 Å². The molecule has 0 amide bonds. The average Bonchev–Trinajstić information content (AvgIpc) is 3.09. The van der Waals surface area contributed by atoms with Crippen LogP contribution in [0.4, 0.5) is 0 Å². The molecule has 124 valence electrons. The fourth-order valence-corrected chi connectivity index (χ4v) is 2.22. The van der Waals surface area contributed by atoms with Crippen LogP contribution in [0.1, 0.15) is 51.0 Å². The maximum atomic E-state index is 5.99. The summed E-state index contributed by atoms with van der Waals surface area (Å²) in [7, 11) is 0. The number of ether oxygens (including phenoxy) is 1. The zero-order chi connectivity index (χ0) is 17.1. The third kappa shape index (κ3) is 3.59. The van der Waals surface area contributed by atoms with Crippen molar-refractivity contribution in [2.24, 2.45) is 0 Å². The molecular weight excluding hydrogens is 302 g/mol. The summed E-state index contributed by atoms with van der Waals surface area (Å²) >= 11 is 0. The van der Waals surface area contributed by atoms with Crippen LogP contribution < -0.4 is 4.74 Å². The predicted octanol–water partition coefficient (Wildman–Crippen LogP) is 4.10. The Kier molecular flexibility index (Phi) is 4.55. The smallest absolute Gasteiger partial charge is 0.222 e. The molecule has 0 saturated heterocycles. The second kappa shape index (κ2) is 6.78. The molecule has 2 aromatic heterocycles. The first kappa shape index (κ1) is 16.1. The number of hydrogen-bond acceptors (Lipinski definition) is 5. The molecule has 0 aliphatic carbocycles. The summed E-state index contributed by atoms with van der Waals surface area (Å²) in [5.74, 6) is 2.62. The van der Waals surface area contributed by atoms with E-state index in [9.17, 15) is 0 Å². The van der Waals surface area contributed by atoms with Gasteiger partial charge in [-0.25, -0.2) is 9.67 Å². The monoisotopic (exact) mass is 323 g/mol. The Labute approximate surface area is 141 Å². The van der Waals surface area contributed by atoms with E-state index in [0.29, 0.717) is 17.5 Å².